The predicted octanol–water partition coefficient (Wildman–Crippen LogP) is 3.15. The Labute approximate surface area is 88.5 Å². The van der Waals surface area contributed by atoms with Crippen LogP contribution in [0.1, 0.15) is 6.99 Å². The van der Waals surface area contributed by atoms with Crippen LogP contribution in [0.25, 0.3) is 11.3 Å². The number of aromatic nitrogens is 1. The Morgan fingerprint density at radius 1 is 1.20 bits per heavy atom. The molecule has 78 valence electrons. The normalized spacial score (nSPS) is 10.3. The minimum absolute atomic E-state index is 0. The second kappa shape index (κ2) is 3.69. The summed E-state index contributed by atoms with van der Waals surface area (Å²) in [6.45, 7) is 1.80. The van der Waals surface area contributed by atoms with Crippen molar-refractivity contribution in [3.8, 4) is 17.0 Å². The number of pyridine rings is 1. The molecule has 0 atom stereocenters. The molecule has 3 heteroatoms. The number of hydrogen-bond acceptors (Lipinski definition) is 2. The summed E-state index contributed by atoms with van der Waals surface area (Å²) in [4.78, 5) is 4.07. The predicted molar refractivity (Wildman–Crippen MR) is 58.1 cm³/mol. The first-order valence-corrected chi connectivity index (χ1v) is 4.59. The smallest absolute Gasteiger partial charge is 0.144 e. The fraction of sp³-hybridized carbons (Fsp3) is 0.0833. The molecule has 0 saturated carbocycles. The molecule has 2 nitrogen and oxygen atoms in total. The van der Waals surface area contributed by atoms with Crippen molar-refractivity contribution in [3.05, 3.63) is 47.9 Å². The maximum absolute atomic E-state index is 12.7. The molecule has 0 spiro atoms. The molecule has 0 bridgehead atoms. The molecule has 1 N–H and O–H groups in total. The van der Waals surface area contributed by atoms with E-state index in [1.54, 1.807) is 31.3 Å². The molecular weight excluding hydrogens is 193 g/mol. The zero-order chi connectivity index (χ0) is 10.8. The number of aromatic hydroxyl groups is 1. The summed E-state index contributed by atoms with van der Waals surface area (Å²) in [7, 11) is 0. The SMILES string of the molecule is Cc1ccnc(-c2ccc(F)cc2)c1O.[HH]. The number of nitrogens with zero attached hydrogens (tertiary/aromatic N) is 1. The zero-order valence-electron chi connectivity index (χ0n) is 8.24. The number of halogens is 1. The van der Waals surface area contributed by atoms with Crippen molar-refractivity contribution >= 4 is 0 Å². The summed E-state index contributed by atoms with van der Waals surface area (Å²) in [5.41, 5.74) is 1.94. The largest absolute Gasteiger partial charge is 0.505 e. The number of hydrogen-bond donors (Lipinski definition) is 1. The van der Waals surface area contributed by atoms with Gasteiger partial charge in [-0.1, -0.05) is 0 Å². The Bertz CT molecular complexity index is 485. The number of aryl methyl sites for hydroxylation is 1. The Hall–Kier alpha value is -1.90. The first-order valence-electron chi connectivity index (χ1n) is 4.59. The van der Waals surface area contributed by atoms with Crippen molar-refractivity contribution in [2.24, 2.45) is 0 Å². The lowest BCUT2D eigenvalue weighted by Gasteiger charge is -2.05. The van der Waals surface area contributed by atoms with Crippen LogP contribution in [0.2, 0.25) is 0 Å². The molecule has 0 fully saturated rings. The van der Waals surface area contributed by atoms with E-state index in [1.165, 1.54) is 12.1 Å². The van der Waals surface area contributed by atoms with Gasteiger partial charge >= 0.3 is 0 Å². The van der Waals surface area contributed by atoms with Gasteiger partial charge in [0.25, 0.3) is 0 Å². The average molecular weight is 205 g/mol. The molecule has 0 radical (unpaired) electrons. The van der Waals surface area contributed by atoms with Crippen molar-refractivity contribution in [3.63, 3.8) is 0 Å². The van der Waals surface area contributed by atoms with Crippen molar-refractivity contribution in [1.29, 1.82) is 0 Å². The van der Waals surface area contributed by atoms with Crippen LogP contribution in [-0.4, -0.2) is 10.1 Å². The topological polar surface area (TPSA) is 33.1 Å². The summed E-state index contributed by atoms with van der Waals surface area (Å²) in [6.07, 6.45) is 1.62. The van der Waals surface area contributed by atoms with E-state index in [-0.39, 0.29) is 13.0 Å². The van der Waals surface area contributed by atoms with Gasteiger partial charge in [0.05, 0.1) is 0 Å². The Morgan fingerprint density at radius 2 is 1.87 bits per heavy atom. The van der Waals surface area contributed by atoms with Crippen molar-refractivity contribution in [2.75, 3.05) is 0 Å². The highest BCUT2D eigenvalue weighted by Gasteiger charge is 2.07. The van der Waals surface area contributed by atoms with E-state index < -0.39 is 0 Å². The fourth-order valence-corrected chi connectivity index (χ4v) is 1.37. The van der Waals surface area contributed by atoms with Crippen LogP contribution in [-0.2, 0) is 0 Å². The quantitative estimate of drug-likeness (QED) is 0.775. The van der Waals surface area contributed by atoms with Crippen molar-refractivity contribution < 1.29 is 10.9 Å². The van der Waals surface area contributed by atoms with E-state index in [2.05, 4.69) is 4.98 Å². The van der Waals surface area contributed by atoms with Crippen LogP contribution >= 0.6 is 0 Å². The maximum atomic E-state index is 12.7. The lowest BCUT2D eigenvalue weighted by molar-refractivity contribution is 0.471. The van der Waals surface area contributed by atoms with Gasteiger partial charge < -0.3 is 5.11 Å². The second-order valence-electron chi connectivity index (χ2n) is 3.33. The highest BCUT2D eigenvalue weighted by atomic mass is 19.1. The van der Waals surface area contributed by atoms with Gasteiger partial charge in [0.15, 0.2) is 0 Å². The first kappa shape index (κ1) is 9.65. The van der Waals surface area contributed by atoms with E-state index in [9.17, 15) is 9.50 Å². The molecular formula is C12H12FNO. The molecule has 1 heterocycles. The molecule has 1 aromatic heterocycles. The summed E-state index contributed by atoms with van der Waals surface area (Å²) < 4.78 is 12.7. The lowest BCUT2D eigenvalue weighted by atomic mass is 10.1. The summed E-state index contributed by atoms with van der Waals surface area (Å²) >= 11 is 0. The lowest BCUT2D eigenvalue weighted by Crippen LogP contribution is -1.86. The van der Waals surface area contributed by atoms with Crippen molar-refractivity contribution in [1.82, 2.24) is 4.98 Å². The van der Waals surface area contributed by atoms with Gasteiger partial charge in [-0.3, -0.25) is 4.98 Å². The zero-order valence-corrected chi connectivity index (χ0v) is 8.24. The van der Waals surface area contributed by atoms with Gasteiger partial charge in [-0.05, 0) is 42.8 Å². The van der Waals surface area contributed by atoms with Gasteiger partial charge in [-0.25, -0.2) is 4.39 Å². The highest BCUT2D eigenvalue weighted by Crippen LogP contribution is 2.29. The van der Waals surface area contributed by atoms with Gasteiger partial charge in [-0.2, -0.15) is 0 Å². The molecule has 2 aromatic rings. The monoisotopic (exact) mass is 205 g/mol. The molecule has 0 unspecified atom stereocenters. The van der Waals surface area contributed by atoms with Gasteiger partial charge in [-0.15, -0.1) is 0 Å². The van der Waals surface area contributed by atoms with E-state index in [4.69, 9.17) is 0 Å². The molecule has 1 aromatic carbocycles. The van der Waals surface area contributed by atoms with Crippen LogP contribution in [0.4, 0.5) is 4.39 Å². The van der Waals surface area contributed by atoms with Crippen LogP contribution in [0.3, 0.4) is 0 Å². The Kier molecular flexibility index (Phi) is 2.37. The molecule has 2 rings (SSSR count). The third-order valence-corrected chi connectivity index (χ3v) is 2.24. The van der Waals surface area contributed by atoms with Crippen LogP contribution in [0.15, 0.2) is 36.5 Å². The Balaban J connectivity index is 0.00000128. The maximum Gasteiger partial charge on any atom is 0.144 e. The highest BCUT2D eigenvalue weighted by molar-refractivity contribution is 5.67. The molecule has 0 aliphatic carbocycles. The van der Waals surface area contributed by atoms with E-state index in [1.807, 2.05) is 0 Å². The Morgan fingerprint density at radius 3 is 2.53 bits per heavy atom. The summed E-state index contributed by atoms with van der Waals surface area (Å²) in [5.74, 6) is -0.157. The van der Waals surface area contributed by atoms with Crippen LogP contribution < -0.4 is 0 Å². The van der Waals surface area contributed by atoms with Crippen LogP contribution in [0.5, 0.6) is 5.75 Å². The van der Waals surface area contributed by atoms with Gasteiger partial charge in [0, 0.05) is 13.2 Å². The van der Waals surface area contributed by atoms with Gasteiger partial charge in [0.2, 0.25) is 0 Å². The third-order valence-electron chi connectivity index (χ3n) is 2.24. The summed E-state index contributed by atoms with van der Waals surface area (Å²) in [6, 6.07) is 7.60. The third kappa shape index (κ3) is 1.81. The average Bonchev–Trinajstić information content (AvgIpc) is 2.24. The minimum atomic E-state index is -0.300. The second-order valence-corrected chi connectivity index (χ2v) is 3.33. The van der Waals surface area contributed by atoms with Crippen molar-refractivity contribution in [2.45, 2.75) is 6.92 Å². The van der Waals surface area contributed by atoms with E-state index in [0.29, 0.717) is 11.3 Å². The first-order chi connectivity index (χ1) is 7.18. The molecule has 15 heavy (non-hydrogen) atoms. The van der Waals surface area contributed by atoms with Gasteiger partial charge in [0.1, 0.15) is 17.3 Å². The minimum Gasteiger partial charge on any atom is -0.505 e. The van der Waals surface area contributed by atoms with Crippen LogP contribution in [0, 0.1) is 12.7 Å². The number of rotatable bonds is 1. The number of benzene rings is 1. The molecule has 0 aliphatic rings. The van der Waals surface area contributed by atoms with E-state index in [0.717, 1.165) is 5.56 Å². The summed E-state index contributed by atoms with van der Waals surface area (Å²) in [5, 5.41) is 9.76. The fourth-order valence-electron chi connectivity index (χ4n) is 1.37. The standard InChI is InChI=1S/C12H10FNO.H2/c1-8-6-7-14-11(12(8)15)9-2-4-10(13)5-3-9;/h2-7,15H,1H3;1H. The molecule has 0 saturated heterocycles. The molecule has 0 amide bonds. The van der Waals surface area contributed by atoms with E-state index >= 15 is 0 Å². The molecule has 0 aliphatic heterocycles.